The molecule has 2 atom stereocenters. The molecule has 1 N–H and O–H groups in total. The Morgan fingerprint density at radius 3 is 2.05 bits per heavy atom. The second-order valence-electron chi connectivity index (χ2n) is 10.8. The molecule has 0 saturated carbocycles. The number of anilines is 1. The van der Waals surface area contributed by atoms with E-state index in [9.17, 15) is 8.78 Å². The molecular formula is C38H31F2N. The van der Waals surface area contributed by atoms with Crippen LogP contribution in [0.4, 0.5) is 14.5 Å². The molecule has 1 heterocycles. The normalized spacial score (nSPS) is 17.2. The highest BCUT2D eigenvalue weighted by Gasteiger charge is 2.34. The van der Waals surface area contributed by atoms with Gasteiger partial charge in [0.2, 0.25) is 0 Å². The quantitative estimate of drug-likeness (QED) is 0.236. The molecule has 41 heavy (non-hydrogen) atoms. The van der Waals surface area contributed by atoms with Crippen LogP contribution in [0.2, 0.25) is 0 Å². The summed E-state index contributed by atoms with van der Waals surface area (Å²) in [5.74, 6) is -0.196. The van der Waals surface area contributed by atoms with E-state index < -0.39 is 0 Å². The van der Waals surface area contributed by atoms with Gasteiger partial charge in [-0.1, -0.05) is 92.7 Å². The average Bonchev–Trinajstić information content (AvgIpc) is 3.46. The fourth-order valence-corrected chi connectivity index (χ4v) is 6.91. The molecule has 202 valence electrons. The zero-order valence-corrected chi connectivity index (χ0v) is 23.2. The van der Waals surface area contributed by atoms with E-state index in [1.54, 1.807) is 12.1 Å². The molecule has 8 rings (SSSR count). The summed E-state index contributed by atoms with van der Waals surface area (Å²) in [6.45, 7) is 4.00. The Morgan fingerprint density at radius 2 is 1.32 bits per heavy atom. The zero-order valence-electron chi connectivity index (χ0n) is 23.2. The molecule has 3 heteroatoms. The summed E-state index contributed by atoms with van der Waals surface area (Å²) < 4.78 is 27.7. The Labute approximate surface area is 239 Å². The fourth-order valence-electron chi connectivity index (χ4n) is 6.91. The number of nitrogens with one attached hydrogen (secondary N) is 1. The topological polar surface area (TPSA) is 12.0 Å². The van der Waals surface area contributed by atoms with Crippen molar-refractivity contribution >= 4 is 32.8 Å². The third kappa shape index (κ3) is 4.19. The lowest BCUT2D eigenvalue weighted by molar-refractivity contribution is 0.588. The van der Waals surface area contributed by atoms with Gasteiger partial charge in [-0.3, -0.25) is 0 Å². The predicted molar refractivity (Wildman–Crippen MR) is 167 cm³/mol. The molecule has 0 aromatic heterocycles. The lowest BCUT2D eigenvalue weighted by Gasteiger charge is -2.32. The molecule has 0 fully saturated rings. The first-order valence-corrected chi connectivity index (χ1v) is 14.5. The number of rotatable bonds is 3. The van der Waals surface area contributed by atoms with Gasteiger partial charge in [-0.15, -0.1) is 0 Å². The highest BCUT2D eigenvalue weighted by atomic mass is 19.1. The van der Waals surface area contributed by atoms with Gasteiger partial charge in [0, 0.05) is 17.6 Å². The number of halogens is 2. The van der Waals surface area contributed by atoms with Crippen molar-refractivity contribution in [3.63, 3.8) is 0 Å². The molecule has 1 aliphatic carbocycles. The molecule has 1 nitrogen and oxygen atoms in total. The van der Waals surface area contributed by atoms with Gasteiger partial charge in [-0.2, -0.15) is 0 Å². The second-order valence-corrected chi connectivity index (χ2v) is 10.8. The summed E-state index contributed by atoms with van der Waals surface area (Å²) in [6, 6.07) is 35.9. The third-order valence-corrected chi connectivity index (χ3v) is 8.73. The second kappa shape index (κ2) is 10.2. The Balaban J connectivity index is 0.00000135. The molecule has 0 amide bonds. The molecule has 6 aromatic rings. The Bertz CT molecular complexity index is 1930. The van der Waals surface area contributed by atoms with Crippen molar-refractivity contribution in [3.05, 3.63) is 143 Å². The Morgan fingerprint density at radius 1 is 0.634 bits per heavy atom. The first-order chi connectivity index (χ1) is 20.1. The van der Waals surface area contributed by atoms with Crippen molar-refractivity contribution in [1.29, 1.82) is 0 Å². The van der Waals surface area contributed by atoms with Gasteiger partial charge in [-0.25, -0.2) is 8.78 Å². The molecule has 0 saturated heterocycles. The summed E-state index contributed by atoms with van der Waals surface area (Å²) in [6.07, 6.45) is 1.85. The van der Waals surface area contributed by atoms with Crippen LogP contribution in [0.5, 0.6) is 0 Å². The molecule has 0 bridgehead atoms. The number of hydrogen-bond acceptors (Lipinski definition) is 1. The summed E-state index contributed by atoms with van der Waals surface area (Å²) >= 11 is 0. The van der Waals surface area contributed by atoms with Crippen LogP contribution in [0.15, 0.2) is 109 Å². The molecule has 6 aromatic carbocycles. The average molecular weight is 540 g/mol. The lowest BCUT2D eigenvalue weighted by Crippen LogP contribution is -2.30. The molecule has 0 radical (unpaired) electrons. The largest absolute Gasteiger partial charge is 0.381 e. The maximum Gasteiger partial charge on any atom is 0.123 e. The van der Waals surface area contributed by atoms with Crippen molar-refractivity contribution in [2.75, 3.05) is 5.32 Å². The van der Waals surface area contributed by atoms with Gasteiger partial charge in [0.15, 0.2) is 0 Å². The van der Waals surface area contributed by atoms with Gasteiger partial charge < -0.3 is 5.32 Å². The summed E-state index contributed by atoms with van der Waals surface area (Å²) in [5.41, 5.74) is 8.35. The number of fused-ring (bicyclic) bond motifs is 1. The molecule has 0 spiro atoms. The maximum absolute atomic E-state index is 13.9. The van der Waals surface area contributed by atoms with Gasteiger partial charge in [-0.05, 0) is 103 Å². The minimum atomic E-state index is -0.233. The third-order valence-electron chi connectivity index (χ3n) is 8.73. The van der Waals surface area contributed by atoms with E-state index >= 15 is 0 Å². The van der Waals surface area contributed by atoms with Crippen molar-refractivity contribution < 1.29 is 8.78 Å². The van der Waals surface area contributed by atoms with Crippen LogP contribution < -0.4 is 10.5 Å². The van der Waals surface area contributed by atoms with E-state index in [-0.39, 0.29) is 23.6 Å². The SMILES string of the molecule is CC.Fc1ccc(C2=c3ccc4ccc(-c5ccc(F)cc5)c5ccc(c3c45)C(C3Cc4ccccc4N3)C2)cc1. The van der Waals surface area contributed by atoms with E-state index in [4.69, 9.17) is 0 Å². The Hall–Kier alpha value is -4.50. The highest BCUT2D eigenvalue weighted by Crippen LogP contribution is 2.45. The van der Waals surface area contributed by atoms with E-state index in [1.807, 2.05) is 38.1 Å². The number of para-hydroxylation sites is 1. The maximum atomic E-state index is 13.9. The van der Waals surface area contributed by atoms with Gasteiger partial charge in [0.1, 0.15) is 11.6 Å². The summed E-state index contributed by atoms with van der Waals surface area (Å²) in [7, 11) is 0. The van der Waals surface area contributed by atoms with Crippen LogP contribution in [0, 0.1) is 11.6 Å². The van der Waals surface area contributed by atoms with Crippen LogP contribution >= 0.6 is 0 Å². The Kier molecular flexibility index (Phi) is 6.31. The first-order valence-electron chi connectivity index (χ1n) is 14.5. The van der Waals surface area contributed by atoms with Crippen LogP contribution in [0.1, 0.15) is 42.9 Å². The first kappa shape index (κ1) is 25.5. The number of benzene rings is 6. The van der Waals surface area contributed by atoms with E-state index in [1.165, 1.54) is 61.3 Å². The van der Waals surface area contributed by atoms with Crippen LogP contribution in [-0.4, -0.2) is 6.04 Å². The molecular weight excluding hydrogens is 508 g/mol. The van der Waals surface area contributed by atoms with E-state index in [0.717, 1.165) is 29.5 Å². The van der Waals surface area contributed by atoms with Crippen LogP contribution in [0.3, 0.4) is 0 Å². The minimum absolute atomic E-state index is 0.221. The van der Waals surface area contributed by atoms with Gasteiger partial charge in [0.25, 0.3) is 0 Å². The minimum Gasteiger partial charge on any atom is -0.381 e. The zero-order chi connectivity index (χ0) is 28.1. The standard InChI is InChI=1S/C36H25F2N.C2H6/c37-25-11-5-21(6-12-25)27-15-9-23-10-16-29-31(22-7-13-26(38)14-8-22)20-32(30-18-17-28(27)35(23)36(29)30)34-19-24-3-1-2-4-33(24)39-34;1-2/h1-18,32,34,39H,19-20H2;1-2H3. The smallest absolute Gasteiger partial charge is 0.123 e. The van der Waals surface area contributed by atoms with E-state index in [0.29, 0.717) is 0 Å². The van der Waals surface area contributed by atoms with E-state index in [2.05, 4.69) is 66.0 Å². The predicted octanol–water partition coefficient (Wildman–Crippen LogP) is 9.41. The highest BCUT2D eigenvalue weighted by molar-refractivity contribution is 6.17. The van der Waals surface area contributed by atoms with Crippen molar-refractivity contribution in [1.82, 2.24) is 0 Å². The van der Waals surface area contributed by atoms with Crippen molar-refractivity contribution in [3.8, 4) is 11.1 Å². The summed E-state index contributed by atoms with van der Waals surface area (Å²) in [4.78, 5) is 0. The fraction of sp³-hybridized carbons (Fsp3) is 0.158. The monoisotopic (exact) mass is 539 g/mol. The molecule has 2 unspecified atom stereocenters. The van der Waals surface area contributed by atoms with Crippen molar-refractivity contribution in [2.45, 2.75) is 38.6 Å². The lowest BCUT2D eigenvalue weighted by atomic mass is 9.74. The molecule has 1 aliphatic heterocycles. The van der Waals surface area contributed by atoms with Gasteiger partial charge in [0.05, 0.1) is 0 Å². The molecule has 2 aliphatic rings. The van der Waals surface area contributed by atoms with Crippen LogP contribution in [-0.2, 0) is 6.42 Å². The number of hydrogen-bond donors (Lipinski definition) is 1. The summed E-state index contributed by atoms with van der Waals surface area (Å²) in [5, 5.41) is 9.93. The van der Waals surface area contributed by atoms with Crippen LogP contribution in [0.25, 0.3) is 38.2 Å². The van der Waals surface area contributed by atoms with Crippen molar-refractivity contribution in [2.24, 2.45) is 0 Å². The van der Waals surface area contributed by atoms with Gasteiger partial charge >= 0.3 is 0 Å².